The predicted molar refractivity (Wildman–Crippen MR) is 144 cm³/mol. The molecule has 0 aromatic heterocycles. The summed E-state index contributed by atoms with van der Waals surface area (Å²) in [6.07, 6.45) is -0.596. The van der Waals surface area contributed by atoms with E-state index in [-0.39, 0.29) is 17.7 Å². The average molecular weight is 519 g/mol. The fourth-order valence-corrected chi connectivity index (χ4v) is 3.71. The highest BCUT2D eigenvalue weighted by Crippen LogP contribution is 2.21. The third kappa shape index (κ3) is 7.41. The average Bonchev–Trinajstić information content (AvgIpc) is 2.97. The number of allylic oxidation sites excluding steroid dienone is 1. The molecule has 8 heteroatoms. The molecule has 0 aliphatic heterocycles. The number of amides is 1. The number of rotatable bonds is 10. The first-order valence-electron chi connectivity index (χ1n) is 12.1. The van der Waals surface area contributed by atoms with Crippen molar-refractivity contribution in [3.63, 3.8) is 0 Å². The molecule has 0 saturated carbocycles. The third-order valence-corrected chi connectivity index (χ3v) is 5.72. The summed E-state index contributed by atoms with van der Waals surface area (Å²) in [5.41, 5.74) is 2.68. The molecule has 8 nitrogen and oxygen atoms in total. The lowest BCUT2D eigenvalue weighted by molar-refractivity contribution is -0.314. The quantitative estimate of drug-likeness (QED) is 0.182. The van der Waals surface area contributed by atoms with Gasteiger partial charge in [0.25, 0.3) is 5.91 Å². The third-order valence-electron chi connectivity index (χ3n) is 5.72. The summed E-state index contributed by atoms with van der Waals surface area (Å²) in [4.78, 5) is 37.7. The van der Waals surface area contributed by atoms with Crippen molar-refractivity contribution in [2.75, 3.05) is 0 Å². The maximum Gasteiger partial charge on any atom is 0.255 e. The van der Waals surface area contributed by atoms with Gasteiger partial charge in [0.15, 0.2) is 0 Å². The standard InChI is InChI=1S/C31H25N3O5/c35-28(31(38)39)20-23-11-7-8-14-26(23)29(36)27(32-30(37)22-9-3-1-4-10-22)19-21-15-17-25(18-16-21)34-33-24-12-5-2-6-13-24/h1-19,28,35H,20H2,(H,32,37)(H,38,39)/p-1/b27-19-,34-33?. The van der Waals surface area contributed by atoms with Gasteiger partial charge < -0.3 is 20.3 Å². The summed E-state index contributed by atoms with van der Waals surface area (Å²) < 4.78 is 0. The highest BCUT2D eigenvalue weighted by molar-refractivity contribution is 6.15. The molecule has 39 heavy (non-hydrogen) atoms. The van der Waals surface area contributed by atoms with Crippen LogP contribution in [0.25, 0.3) is 6.08 Å². The van der Waals surface area contributed by atoms with Crippen molar-refractivity contribution in [3.8, 4) is 0 Å². The number of nitrogens with zero attached hydrogens (tertiary/aromatic N) is 2. The second-order valence-corrected chi connectivity index (χ2v) is 8.53. The summed E-state index contributed by atoms with van der Waals surface area (Å²) in [6.45, 7) is 0. The van der Waals surface area contributed by atoms with E-state index in [0.29, 0.717) is 28.1 Å². The van der Waals surface area contributed by atoms with Crippen molar-refractivity contribution in [2.24, 2.45) is 10.2 Å². The number of ketones is 1. The first kappa shape index (κ1) is 26.8. The SMILES string of the molecule is O=C(N/C(=C\c1ccc(N=Nc2ccccc2)cc1)C(=O)c1ccccc1CC(O)C(=O)[O-])c1ccccc1. The van der Waals surface area contributed by atoms with Crippen LogP contribution in [-0.2, 0) is 11.2 Å². The minimum atomic E-state index is -1.79. The molecule has 0 radical (unpaired) electrons. The molecule has 1 atom stereocenters. The molecule has 1 amide bonds. The van der Waals surface area contributed by atoms with Gasteiger partial charge in [-0.05, 0) is 53.6 Å². The molecule has 0 aliphatic rings. The number of carbonyl (C=O) groups is 3. The van der Waals surface area contributed by atoms with Gasteiger partial charge in [-0.15, -0.1) is 0 Å². The normalized spacial score (nSPS) is 12.2. The number of hydrogen-bond donors (Lipinski definition) is 2. The molecule has 0 saturated heterocycles. The number of aliphatic carboxylic acids is 1. The number of carbonyl (C=O) groups excluding carboxylic acids is 3. The Morgan fingerprint density at radius 1 is 0.769 bits per heavy atom. The Labute approximate surface area is 225 Å². The molecule has 194 valence electrons. The molecule has 4 aromatic rings. The second kappa shape index (κ2) is 12.8. The van der Waals surface area contributed by atoms with Gasteiger partial charge in [-0.1, -0.05) is 72.8 Å². The van der Waals surface area contributed by atoms with Crippen LogP contribution in [0.15, 0.2) is 125 Å². The van der Waals surface area contributed by atoms with Crippen molar-refractivity contribution < 1.29 is 24.6 Å². The Bertz CT molecular complexity index is 1520. The topological polar surface area (TPSA) is 131 Å². The highest BCUT2D eigenvalue weighted by atomic mass is 16.4. The molecule has 0 fully saturated rings. The van der Waals surface area contributed by atoms with Crippen LogP contribution >= 0.6 is 0 Å². The van der Waals surface area contributed by atoms with Crippen LogP contribution in [0.1, 0.15) is 31.8 Å². The molecule has 0 heterocycles. The number of nitrogens with one attached hydrogen (secondary N) is 1. The zero-order valence-electron chi connectivity index (χ0n) is 20.7. The van der Waals surface area contributed by atoms with Crippen molar-refractivity contribution in [1.29, 1.82) is 0 Å². The fraction of sp³-hybridized carbons (Fsp3) is 0.0645. The van der Waals surface area contributed by atoms with E-state index in [1.165, 1.54) is 12.1 Å². The molecule has 1 unspecified atom stereocenters. The zero-order chi connectivity index (χ0) is 27.6. The molecular weight excluding hydrogens is 494 g/mol. The molecule has 0 aliphatic carbocycles. The second-order valence-electron chi connectivity index (χ2n) is 8.53. The minimum absolute atomic E-state index is 0.0297. The Hall–Kier alpha value is -5.21. The van der Waals surface area contributed by atoms with Crippen LogP contribution in [0.2, 0.25) is 0 Å². The van der Waals surface area contributed by atoms with Crippen molar-refractivity contribution in [3.05, 3.63) is 137 Å². The van der Waals surface area contributed by atoms with Crippen molar-refractivity contribution in [2.45, 2.75) is 12.5 Å². The Morgan fingerprint density at radius 3 is 1.97 bits per heavy atom. The largest absolute Gasteiger partial charge is 0.547 e. The van der Waals surface area contributed by atoms with Crippen LogP contribution in [-0.4, -0.2) is 28.9 Å². The van der Waals surface area contributed by atoms with E-state index in [9.17, 15) is 24.6 Å². The number of azo groups is 1. The molecule has 4 aromatic carbocycles. The summed E-state index contributed by atoms with van der Waals surface area (Å²) in [6, 6.07) is 30.9. The smallest absolute Gasteiger partial charge is 0.255 e. The van der Waals surface area contributed by atoms with Gasteiger partial charge in [0, 0.05) is 17.5 Å². The van der Waals surface area contributed by atoms with E-state index in [0.717, 1.165) is 0 Å². The van der Waals surface area contributed by atoms with Crippen molar-refractivity contribution in [1.82, 2.24) is 5.32 Å². The van der Waals surface area contributed by atoms with E-state index in [2.05, 4.69) is 15.5 Å². The summed E-state index contributed by atoms with van der Waals surface area (Å²) in [5.74, 6) is -2.68. The van der Waals surface area contributed by atoms with Crippen LogP contribution in [0, 0.1) is 0 Å². The van der Waals surface area contributed by atoms with Gasteiger partial charge in [-0.25, -0.2) is 0 Å². The van der Waals surface area contributed by atoms with E-state index >= 15 is 0 Å². The van der Waals surface area contributed by atoms with Gasteiger partial charge in [-0.2, -0.15) is 10.2 Å². The lowest BCUT2D eigenvalue weighted by Crippen LogP contribution is -2.37. The maximum atomic E-state index is 13.7. The van der Waals surface area contributed by atoms with Gasteiger partial charge in [0.1, 0.15) is 0 Å². The van der Waals surface area contributed by atoms with E-state index in [4.69, 9.17) is 0 Å². The minimum Gasteiger partial charge on any atom is -0.547 e. The van der Waals surface area contributed by atoms with Crippen LogP contribution in [0.4, 0.5) is 11.4 Å². The summed E-state index contributed by atoms with van der Waals surface area (Å²) >= 11 is 0. The van der Waals surface area contributed by atoms with Crippen LogP contribution < -0.4 is 10.4 Å². The molecule has 0 bridgehead atoms. The number of hydrogen-bond acceptors (Lipinski definition) is 7. The van der Waals surface area contributed by atoms with Gasteiger partial charge in [-0.3, -0.25) is 9.59 Å². The molecular formula is C31H24N3O5-. The molecule has 4 rings (SSSR count). The number of carboxylic acids is 1. The van der Waals surface area contributed by atoms with E-state index < -0.39 is 23.8 Å². The lowest BCUT2D eigenvalue weighted by Gasteiger charge is -2.16. The van der Waals surface area contributed by atoms with Gasteiger partial charge in [0.2, 0.25) is 5.78 Å². The Morgan fingerprint density at radius 2 is 1.33 bits per heavy atom. The van der Waals surface area contributed by atoms with Crippen molar-refractivity contribution >= 4 is 35.1 Å². The van der Waals surface area contributed by atoms with Crippen LogP contribution in [0.5, 0.6) is 0 Å². The molecule has 2 N–H and O–H groups in total. The number of Topliss-reactive ketones (excluding diaryl/α,β-unsaturated/α-hetero) is 1. The maximum absolute atomic E-state index is 13.7. The van der Waals surface area contributed by atoms with Gasteiger partial charge >= 0.3 is 0 Å². The monoisotopic (exact) mass is 518 g/mol. The van der Waals surface area contributed by atoms with Gasteiger partial charge in [0.05, 0.1) is 29.1 Å². The number of carboxylic acid groups (broad SMARTS) is 1. The lowest BCUT2D eigenvalue weighted by atomic mass is 9.96. The Kier molecular flexibility index (Phi) is 8.84. The summed E-state index contributed by atoms with van der Waals surface area (Å²) in [5, 5.41) is 32.0. The Balaban J connectivity index is 1.65. The van der Waals surface area contributed by atoms with Crippen LogP contribution in [0.3, 0.4) is 0 Å². The first-order valence-corrected chi connectivity index (χ1v) is 12.1. The fourth-order valence-electron chi connectivity index (χ4n) is 3.71. The zero-order valence-corrected chi connectivity index (χ0v) is 20.7. The van der Waals surface area contributed by atoms with E-state index in [1.807, 2.05) is 30.3 Å². The van der Waals surface area contributed by atoms with E-state index in [1.54, 1.807) is 72.8 Å². The number of benzene rings is 4. The first-order chi connectivity index (χ1) is 18.9. The highest BCUT2D eigenvalue weighted by Gasteiger charge is 2.20. The number of aliphatic hydroxyl groups excluding tert-OH is 1. The predicted octanol–water partition coefficient (Wildman–Crippen LogP) is 4.41. The summed E-state index contributed by atoms with van der Waals surface area (Å²) in [7, 11) is 0. The molecule has 0 spiro atoms. The number of aliphatic hydroxyl groups is 1.